The fourth-order valence-electron chi connectivity index (χ4n) is 2.84. The van der Waals surface area contributed by atoms with Crippen molar-refractivity contribution in [1.29, 1.82) is 0 Å². The predicted molar refractivity (Wildman–Crippen MR) is 83.4 cm³/mol. The number of nitrogens with one attached hydrogen (secondary N) is 1. The molecular weight excluding hydrogens is 248 g/mol. The number of carbonyl (C=O) groups is 1. The van der Waals surface area contributed by atoms with E-state index in [0.29, 0.717) is 11.8 Å². The average Bonchev–Trinajstić information content (AvgIpc) is 2.44. The standard InChI is InChI=1S/C17H24N2O/c1-12-9-10-13(2)15(11-12)16(18-3)17(20)19-14-7-5-4-6-8-14/h9-11,14H,4-8H2,1-3H3,(H,19,20). The molecule has 1 fully saturated rings. The Balaban J connectivity index is 2.15. The van der Waals surface area contributed by atoms with Gasteiger partial charge in [0.2, 0.25) is 0 Å². The van der Waals surface area contributed by atoms with Crippen LogP contribution in [0.15, 0.2) is 23.2 Å². The summed E-state index contributed by atoms with van der Waals surface area (Å²) in [6.07, 6.45) is 5.91. The van der Waals surface area contributed by atoms with Crippen molar-refractivity contribution in [3.63, 3.8) is 0 Å². The van der Waals surface area contributed by atoms with Crippen LogP contribution < -0.4 is 5.32 Å². The third kappa shape index (κ3) is 3.47. The van der Waals surface area contributed by atoms with Gasteiger partial charge in [-0.3, -0.25) is 9.79 Å². The van der Waals surface area contributed by atoms with Gasteiger partial charge in [-0.05, 0) is 38.3 Å². The summed E-state index contributed by atoms with van der Waals surface area (Å²) in [5.74, 6) is -0.0342. The summed E-state index contributed by atoms with van der Waals surface area (Å²) in [6.45, 7) is 4.06. The third-order valence-electron chi connectivity index (χ3n) is 4.03. The summed E-state index contributed by atoms with van der Waals surface area (Å²) < 4.78 is 0. The zero-order chi connectivity index (χ0) is 14.5. The van der Waals surface area contributed by atoms with Crippen LogP contribution in [0, 0.1) is 13.8 Å². The molecule has 1 aliphatic rings. The summed E-state index contributed by atoms with van der Waals surface area (Å²) in [5.41, 5.74) is 3.74. The normalized spacial score (nSPS) is 17.1. The largest absolute Gasteiger partial charge is 0.348 e. The van der Waals surface area contributed by atoms with E-state index in [-0.39, 0.29) is 5.91 Å². The van der Waals surface area contributed by atoms with Crippen molar-refractivity contribution in [2.45, 2.75) is 52.0 Å². The maximum absolute atomic E-state index is 12.5. The molecular formula is C17H24N2O. The van der Waals surface area contributed by atoms with Crippen molar-refractivity contribution < 1.29 is 4.79 Å². The number of aliphatic imine (C=N–C) groups is 1. The molecule has 108 valence electrons. The molecule has 1 aromatic rings. The van der Waals surface area contributed by atoms with E-state index in [1.165, 1.54) is 19.3 Å². The second-order valence-electron chi connectivity index (χ2n) is 5.70. The van der Waals surface area contributed by atoms with Gasteiger partial charge in [0.25, 0.3) is 5.91 Å². The number of hydrogen-bond acceptors (Lipinski definition) is 2. The molecule has 0 spiro atoms. The maximum atomic E-state index is 12.5. The lowest BCUT2D eigenvalue weighted by Crippen LogP contribution is -2.40. The number of carbonyl (C=O) groups excluding carboxylic acids is 1. The quantitative estimate of drug-likeness (QED) is 0.844. The van der Waals surface area contributed by atoms with E-state index in [1.54, 1.807) is 7.05 Å². The fraction of sp³-hybridized carbons (Fsp3) is 0.529. The Kier molecular flexibility index (Phi) is 4.94. The van der Waals surface area contributed by atoms with Crippen molar-refractivity contribution in [2.24, 2.45) is 4.99 Å². The van der Waals surface area contributed by atoms with Gasteiger partial charge in [0.05, 0.1) is 0 Å². The van der Waals surface area contributed by atoms with Gasteiger partial charge in [-0.2, -0.15) is 0 Å². The lowest BCUT2D eigenvalue weighted by atomic mass is 9.94. The molecule has 1 saturated carbocycles. The van der Waals surface area contributed by atoms with Crippen molar-refractivity contribution in [2.75, 3.05) is 7.05 Å². The Morgan fingerprint density at radius 2 is 1.90 bits per heavy atom. The van der Waals surface area contributed by atoms with Crippen LogP contribution in [0.5, 0.6) is 0 Å². The summed E-state index contributed by atoms with van der Waals surface area (Å²) in [5, 5.41) is 3.15. The van der Waals surface area contributed by atoms with E-state index in [0.717, 1.165) is 29.5 Å². The molecule has 1 N–H and O–H groups in total. The van der Waals surface area contributed by atoms with Crippen LogP contribution in [0.25, 0.3) is 0 Å². The van der Waals surface area contributed by atoms with E-state index >= 15 is 0 Å². The molecule has 3 heteroatoms. The van der Waals surface area contributed by atoms with Crippen LogP contribution in [-0.2, 0) is 4.79 Å². The topological polar surface area (TPSA) is 41.5 Å². The molecule has 2 rings (SSSR count). The van der Waals surface area contributed by atoms with Crippen molar-refractivity contribution in [1.82, 2.24) is 5.32 Å². The van der Waals surface area contributed by atoms with Crippen LogP contribution >= 0.6 is 0 Å². The summed E-state index contributed by atoms with van der Waals surface area (Å²) in [4.78, 5) is 16.7. The number of amides is 1. The van der Waals surface area contributed by atoms with Gasteiger partial charge in [0.15, 0.2) is 0 Å². The van der Waals surface area contributed by atoms with Gasteiger partial charge >= 0.3 is 0 Å². The smallest absolute Gasteiger partial charge is 0.270 e. The van der Waals surface area contributed by atoms with Crippen molar-refractivity contribution in [3.05, 3.63) is 34.9 Å². The highest BCUT2D eigenvalue weighted by atomic mass is 16.1. The number of nitrogens with zero attached hydrogens (tertiary/aromatic N) is 1. The van der Waals surface area contributed by atoms with Gasteiger partial charge in [-0.1, -0.05) is 37.0 Å². The Morgan fingerprint density at radius 3 is 2.55 bits per heavy atom. The van der Waals surface area contributed by atoms with Gasteiger partial charge in [0.1, 0.15) is 5.71 Å². The molecule has 0 unspecified atom stereocenters. The van der Waals surface area contributed by atoms with E-state index in [1.807, 2.05) is 26.0 Å². The molecule has 0 aliphatic heterocycles. The molecule has 0 atom stereocenters. The Hall–Kier alpha value is -1.64. The minimum Gasteiger partial charge on any atom is -0.348 e. The number of hydrogen-bond donors (Lipinski definition) is 1. The average molecular weight is 272 g/mol. The number of benzene rings is 1. The van der Waals surface area contributed by atoms with E-state index in [2.05, 4.69) is 16.4 Å². The third-order valence-corrected chi connectivity index (χ3v) is 4.03. The minimum atomic E-state index is -0.0342. The van der Waals surface area contributed by atoms with Crippen molar-refractivity contribution >= 4 is 11.6 Å². The maximum Gasteiger partial charge on any atom is 0.270 e. The van der Waals surface area contributed by atoms with E-state index in [9.17, 15) is 4.79 Å². The first-order chi connectivity index (χ1) is 9.61. The molecule has 0 saturated heterocycles. The highest BCUT2D eigenvalue weighted by Crippen LogP contribution is 2.18. The molecule has 0 radical (unpaired) electrons. The van der Waals surface area contributed by atoms with Crippen LogP contribution in [-0.4, -0.2) is 24.7 Å². The summed E-state index contributed by atoms with van der Waals surface area (Å²) >= 11 is 0. The van der Waals surface area contributed by atoms with Crippen LogP contribution in [0.2, 0.25) is 0 Å². The zero-order valence-corrected chi connectivity index (χ0v) is 12.7. The molecule has 1 aromatic carbocycles. The molecule has 0 heterocycles. The highest BCUT2D eigenvalue weighted by Gasteiger charge is 2.20. The second-order valence-corrected chi connectivity index (χ2v) is 5.70. The Morgan fingerprint density at radius 1 is 1.20 bits per heavy atom. The van der Waals surface area contributed by atoms with Crippen LogP contribution in [0.4, 0.5) is 0 Å². The Bertz CT molecular complexity index is 514. The van der Waals surface area contributed by atoms with E-state index in [4.69, 9.17) is 0 Å². The SMILES string of the molecule is CN=C(C(=O)NC1CCCCC1)c1cc(C)ccc1C. The first kappa shape index (κ1) is 14.8. The minimum absolute atomic E-state index is 0.0342. The molecule has 0 aromatic heterocycles. The van der Waals surface area contributed by atoms with Gasteiger partial charge in [0, 0.05) is 18.7 Å². The number of rotatable bonds is 3. The van der Waals surface area contributed by atoms with Gasteiger partial charge in [-0.25, -0.2) is 0 Å². The summed E-state index contributed by atoms with van der Waals surface area (Å²) in [6, 6.07) is 6.46. The zero-order valence-electron chi connectivity index (χ0n) is 12.7. The molecule has 0 bridgehead atoms. The molecule has 20 heavy (non-hydrogen) atoms. The van der Waals surface area contributed by atoms with Crippen LogP contribution in [0.1, 0.15) is 48.8 Å². The van der Waals surface area contributed by atoms with Crippen LogP contribution in [0.3, 0.4) is 0 Å². The molecule has 1 amide bonds. The second kappa shape index (κ2) is 6.69. The first-order valence-electron chi connectivity index (χ1n) is 7.47. The van der Waals surface area contributed by atoms with Gasteiger partial charge < -0.3 is 5.32 Å². The lowest BCUT2D eigenvalue weighted by Gasteiger charge is -2.23. The highest BCUT2D eigenvalue weighted by molar-refractivity contribution is 6.45. The lowest BCUT2D eigenvalue weighted by molar-refractivity contribution is -0.115. The molecule has 3 nitrogen and oxygen atoms in total. The van der Waals surface area contributed by atoms with E-state index < -0.39 is 0 Å². The summed E-state index contributed by atoms with van der Waals surface area (Å²) in [7, 11) is 1.69. The van der Waals surface area contributed by atoms with Crippen molar-refractivity contribution in [3.8, 4) is 0 Å². The fourth-order valence-corrected chi connectivity index (χ4v) is 2.84. The predicted octanol–water partition coefficient (Wildman–Crippen LogP) is 3.17. The monoisotopic (exact) mass is 272 g/mol. The Labute approximate surface area is 121 Å². The molecule has 1 aliphatic carbocycles. The first-order valence-corrected chi connectivity index (χ1v) is 7.47. The van der Waals surface area contributed by atoms with Gasteiger partial charge in [-0.15, -0.1) is 0 Å². The number of aryl methyl sites for hydroxylation is 2.